The van der Waals surface area contributed by atoms with Gasteiger partial charge in [-0.3, -0.25) is 0 Å². The highest BCUT2D eigenvalue weighted by Crippen LogP contribution is 2.49. The molecule has 0 unspecified atom stereocenters. The lowest BCUT2D eigenvalue weighted by Gasteiger charge is -2.07. The normalized spacial score (nSPS) is 11.1. The van der Waals surface area contributed by atoms with E-state index in [1.54, 1.807) is 0 Å². The molecule has 2 aromatic carbocycles. The molecule has 28 heavy (non-hydrogen) atoms. The van der Waals surface area contributed by atoms with Crippen molar-refractivity contribution in [2.24, 2.45) is 0 Å². The molecule has 0 saturated carbocycles. The summed E-state index contributed by atoms with van der Waals surface area (Å²) in [5.74, 6) is -2.01. The predicted octanol–water partition coefficient (Wildman–Crippen LogP) is 6.31. The summed E-state index contributed by atoms with van der Waals surface area (Å²) in [5, 5.41) is 20.3. The first-order valence-corrected chi connectivity index (χ1v) is 10.2. The van der Waals surface area contributed by atoms with Gasteiger partial charge in [-0.05, 0) is 25.0 Å². The molecule has 0 bridgehead atoms. The first-order valence-electron chi connectivity index (χ1n) is 8.56. The molecule has 6 heteroatoms. The van der Waals surface area contributed by atoms with Crippen molar-refractivity contribution in [1.82, 2.24) is 0 Å². The van der Waals surface area contributed by atoms with Gasteiger partial charge in [0.1, 0.15) is 9.75 Å². The number of rotatable bonds is 4. The third kappa shape index (κ3) is 3.00. The van der Waals surface area contributed by atoms with E-state index in [0.29, 0.717) is 20.5 Å². The number of hydrogen-bond acceptors (Lipinski definition) is 4. The number of thiophene rings is 2. The first-order chi connectivity index (χ1) is 13.4. The van der Waals surface area contributed by atoms with E-state index >= 15 is 0 Å². The second-order valence-corrected chi connectivity index (χ2v) is 8.92. The van der Waals surface area contributed by atoms with Crippen molar-refractivity contribution in [3.63, 3.8) is 0 Å². The van der Waals surface area contributed by atoms with E-state index in [0.717, 1.165) is 44.9 Å². The summed E-state index contributed by atoms with van der Waals surface area (Å²) in [4.78, 5) is 24.3. The van der Waals surface area contributed by atoms with Crippen molar-refractivity contribution in [2.75, 3.05) is 0 Å². The Labute approximate surface area is 169 Å². The van der Waals surface area contributed by atoms with Crippen molar-refractivity contribution in [1.29, 1.82) is 0 Å². The summed E-state index contributed by atoms with van der Waals surface area (Å²) < 4.78 is 0.709. The highest BCUT2D eigenvalue weighted by molar-refractivity contribution is 7.40. The Bertz CT molecular complexity index is 1120. The van der Waals surface area contributed by atoms with Crippen LogP contribution in [0, 0.1) is 13.8 Å². The quantitative estimate of drug-likeness (QED) is 0.415. The molecule has 2 aromatic heterocycles. The van der Waals surface area contributed by atoms with Crippen LogP contribution in [0.3, 0.4) is 0 Å². The van der Waals surface area contributed by atoms with Crippen molar-refractivity contribution in [2.45, 2.75) is 13.8 Å². The van der Waals surface area contributed by atoms with Gasteiger partial charge >= 0.3 is 11.9 Å². The molecule has 0 aliphatic carbocycles. The number of hydrogen-bond donors (Lipinski definition) is 2. The summed E-state index contributed by atoms with van der Waals surface area (Å²) in [5.41, 5.74) is 4.87. The summed E-state index contributed by atoms with van der Waals surface area (Å²) in [6, 6.07) is 15.3. The molecule has 2 heterocycles. The minimum Gasteiger partial charge on any atom is -0.477 e. The fourth-order valence-electron chi connectivity index (χ4n) is 3.26. The smallest absolute Gasteiger partial charge is 0.346 e. The Morgan fingerprint density at radius 1 is 0.679 bits per heavy atom. The SMILES string of the molecule is Cc1ccc(-c2c(C(=O)O)sc3sc(C(=O)O)c(-c4ccc(C)cc4)c23)cc1. The molecule has 0 aliphatic rings. The maximum Gasteiger partial charge on any atom is 0.346 e. The lowest BCUT2D eigenvalue weighted by Crippen LogP contribution is -1.97. The van der Waals surface area contributed by atoms with Crippen LogP contribution in [0.15, 0.2) is 48.5 Å². The van der Waals surface area contributed by atoms with Gasteiger partial charge < -0.3 is 10.2 Å². The van der Waals surface area contributed by atoms with Gasteiger partial charge in [0.2, 0.25) is 0 Å². The second-order valence-electron chi connectivity index (χ2n) is 6.62. The lowest BCUT2D eigenvalue weighted by atomic mass is 9.95. The molecular weight excluding hydrogens is 392 g/mol. The summed E-state index contributed by atoms with van der Waals surface area (Å²) in [6.45, 7) is 3.94. The maximum atomic E-state index is 11.9. The highest BCUT2D eigenvalue weighted by Gasteiger charge is 2.28. The molecule has 0 aliphatic heterocycles. The average Bonchev–Trinajstić information content (AvgIpc) is 3.20. The largest absolute Gasteiger partial charge is 0.477 e. The van der Waals surface area contributed by atoms with Crippen LogP contribution in [0.2, 0.25) is 0 Å². The zero-order valence-corrected chi connectivity index (χ0v) is 16.8. The molecule has 140 valence electrons. The van der Waals surface area contributed by atoms with E-state index in [9.17, 15) is 19.8 Å². The van der Waals surface area contributed by atoms with Crippen LogP contribution in [0.25, 0.3) is 31.7 Å². The summed E-state index contributed by atoms with van der Waals surface area (Å²) in [7, 11) is 0. The van der Waals surface area contributed by atoms with E-state index in [1.807, 2.05) is 62.4 Å². The van der Waals surface area contributed by atoms with Gasteiger partial charge in [-0.25, -0.2) is 9.59 Å². The molecule has 0 amide bonds. The van der Waals surface area contributed by atoms with E-state index in [2.05, 4.69) is 0 Å². The zero-order chi connectivity index (χ0) is 20.0. The van der Waals surface area contributed by atoms with E-state index in [-0.39, 0.29) is 9.75 Å². The fraction of sp³-hybridized carbons (Fsp3) is 0.0909. The molecule has 4 rings (SSSR count). The van der Waals surface area contributed by atoms with Crippen molar-refractivity contribution in [3.05, 3.63) is 69.4 Å². The lowest BCUT2D eigenvalue weighted by molar-refractivity contribution is 0.0692. The van der Waals surface area contributed by atoms with Crippen LogP contribution in [0.1, 0.15) is 30.5 Å². The highest BCUT2D eigenvalue weighted by atomic mass is 32.2. The molecule has 0 atom stereocenters. The number of aromatic carboxylic acids is 2. The van der Waals surface area contributed by atoms with Crippen LogP contribution >= 0.6 is 22.7 Å². The van der Waals surface area contributed by atoms with Crippen LogP contribution in [0.4, 0.5) is 0 Å². The van der Waals surface area contributed by atoms with Crippen molar-refractivity contribution in [3.8, 4) is 22.3 Å². The Morgan fingerprint density at radius 2 is 1.04 bits per heavy atom. The van der Waals surface area contributed by atoms with Gasteiger partial charge in [-0.2, -0.15) is 0 Å². The third-order valence-electron chi connectivity index (χ3n) is 4.62. The number of fused-ring (bicyclic) bond motifs is 1. The van der Waals surface area contributed by atoms with Gasteiger partial charge in [-0.15, -0.1) is 22.7 Å². The number of aryl methyl sites for hydroxylation is 2. The first kappa shape index (κ1) is 18.4. The molecular formula is C22H16O4S2. The Kier molecular flexibility index (Phi) is 4.53. The zero-order valence-electron chi connectivity index (χ0n) is 15.1. The number of carboxylic acid groups (broad SMARTS) is 2. The number of carbonyl (C=O) groups is 2. The van der Waals surface area contributed by atoms with Gasteiger partial charge in [0, 0.05) is 16.5 Å². The third-order valence-corrected chi connectivity index (χ3v) is 7.06. The molecule has 0 spiro atoms. The van der Waals surface area contributed by atoms with Crippen LogP contribution in [0.5, 0.6) is 0 Å². The molecule has 0 saturated heterocycles. The van der Waals surface area contributed by atoms with Crippen molar-refractivity contribution < 1.29 is 19.8 Å². The molecule has 4 nitrogen and oxygen atoms in total. The number of benzene rings is 2. The van der Waals surface area contributed by atoms with E-state index in [1.165, 1.54) is 0 Å². The average molecular weight is 409 g/mol. The van der Waals surface area contributed by atoms with Gasteiger partial charge in [0.25, 0.3) is 0 Å². The van der Waals surface area contributed by atoms with Crippen LogP contribution in [-0.2, 0) is 0 Å². The molecule has 4 aromatic rings. The van der Waals surface area contributed by atoms with Crippen LogP contribution < -0.4 is 0 Å². The fourth-order valence-corrected chi connectivity index (χ4v) is 5.73. The predicted molar refractivity (Wildman–Crippen MR) is 114 cm³/mol. The minimum atomic E-state index is -1.00. The molecule has 0 fully saturated rings. The Hall–Kier alpha value is -2.96. The van der Waals surface area contributed by atoms with Crippen LogP contribution in [-0.4, -0.2) is 22.2 Å². The number of carboxylic acids is 2. The standard InChI is InChI=1S/C22H16O4S2/c1-11-3-7-13(8-4-11)15-17-16(14-9-5-12(2)6-10-14)19(21(25)26)28-22(17)27-18(15)20(23)24/h3-10H,1-2H3,(H,23,24)(H,25,26). The Balaban J connectivity index is 2.13. The summed E-state index contributed by atoms with van der Waals surface area (Å²) in [6.07, 6.45) is 0. The van der Waals surface area contributed by atoms with Gasteiger partial charge in [0.15, 0.2) is 0 Å². The van der Waals surface area contributed by atoms with Gasteiger partial charge in [0.05, 0.1) is 4.01 Å². The minimum absolute atomic E-state index is 0.232. The second kappa shape index (κ2) is 6.89. The van der Waals surface area contributed by atoms with E-state index < -0.39 is 11.9 Å². The van der Waals surface area contributed by atoms with E-state index in [4.69, 9.17) is 0 Å². The van der Waals surface area contributed by atoms with Gasteiger partial charge in [-0.1, -0.05) is 59.7 Å². The topological polar surface area (TPSA) is 74.6 Å². The molecule has 0 radical (unpaired) electrons. The van der Waals surface area contributed by atoms with Crippen molar-refractivity contribution >= 4 is 44.0 Å². The summed E-state index contributed by atoms with van der Waals surface area (Å²) >= 11 is 2.27. The maximum absolute atomic E-state index is 11.9. The monoisotopic (exact) mass is 408 g/mol. The Morgan fingerprint density at radius 3 is 1.36 bits per heavy atom. The molecule has 2 N–H and O–H groups in total.